The molecule has 20 nitrogen and oxygen atoms in total. The van der Waals surface area contributed by atoms with Crippen LogP contribution in [0.4, 0.5) is 13.2 Å². The van der Waals surface area contributed by atoms with Crippen LogP contribution in [0, 0.1) is 76.2 Å². The molecule has 9 aromatic heterocycles. The van der Waals surface area contributed by atoms with E-state index < -0.39 is 18.1 Å². The second-order valence-electron chi connectivity index (χ2n) is 28.8. The van der Waals surface area contributed by atoms with Gasteiger partial charge in [-0.15, -0.1) is 0 Å². The SMILES string of the molecule is CC1=NCC(C)=C1c1cc(-c2c(C)noc2C)cc2[nH]c(C(N)F)nc12.CC1=NCC(C)=C1c1cc(-c2c(C)noc2C)cc2[nH]c(C3CC3(F)F)nc12.Cc1ccc2ncccc2c1-c1cc(-c2c(C)noc2C)cc2[nH]cnc12.Cc1nc2c(-c3c(C)ccc4ccccc34)cc(-c3c(C)noc3C)cc2[nH]1. The Hall–Kier alpha value is -12.5. The quantitative estimate of drug-likeness (QED) is 0.0796. The number of aromatic nitrogens is 13. The Morgan fingerprint density at radius 2 is 0.908 bits per heavy atom. The summed E-state index contributed by atoms with van der Waals surface area (Å²) in [5.74, 6) is 0.969. The first-order chi connectivity index (χ1) is 52.3. The largest absolute Gasteiger partial charge is 0.361 e. The van der Waals surface area contributed by atoms with Crippen LogP contribution in [0.5, 0.6) is 0 Å². The number of pyridine rings is 1. The first-order valence-electron chi connectivity index (χ1n) is 36.1. The van der Waals surface area contributed by atoms with Crippen molar-refractivity contribution in [1.82, 2.24) is 65.5 Å². The summed E-state index contributed by atoms with van der Waals surface area (Å²) < 4.78 is 62.4. The van der Waals surface area contributed by atoms with Gasteiger partial charge in [0.05, 0.1) is 97.8 Å². The standard InChI is InChI=1S/C24H21N3O.C22H18N4O.C21H20F2N4O.C19H20FN5O/c1-13-9-10-17-7-5-6-8-19(17)22(13)20-11-18(23-14(2)27-28-15(23)3)12-21-24(20)26-16(4)25-21;1-12-6-7-18-16(5-4-8-23-18)20(12)17-9-15(10-19-22(17)25-11-24-19)21-13(2)26-27-14(21)3;1-9-8-24-10(2)17(9)14-5-13(18-11(3)27-28-12(18)4)6-16-19(14)26-20(25-16)15-7-21(15,22)23;1-8-7-22-9(2)15(8)13-5-12(16-10(3)25-26-11(16)4)6-14-17(13)24-19(23-14)18(20)21/h5-12H,1-4H3,(H,25,26);4-11H,1-3H3,(H,24,25);5-6,15H,7-8H2,1-4H3,(H,25,26);5-6,18H,7,21H2,1-4H3,(H,23,24). The number of aliphatic imine (C=N–C) groups is 2. The number of allylic oxidation sites excluding steroid dienone is 2. The van der Waals surface area contributed by atoms with Gasteiger partial charge >= 0.3 is 0 Å². The highest BCUT2D eigenvalue weighted by atomic mass is 19.3. The Morgan fingerprint density at radius 3 is 1.40 bits per heavy atom. The maximum atomic E-state index is 13.7. The van der Waals surface area contributed by atoms with Gasteiger partial charge in [0.15, 0.2) is 5.82 Å². The number of fused-ring (bicyclic) bond motifs is 6. The van der Waals surface area contributed by atoms with Gasteiger partial charge in [0, 0.05) is 85.1 Å². The van der Waals surface area contributed by atoms with Gasteiger partial charge in [-0.1, -0.05) is 69.2 Å². The molecule has 7 aromatic carbocycles. The summed E-state index contributed by atoms with van der Waals surface area (Å²) in [6.07, 6.45) is 1.75. The third-order valence-corrected chi connectivity index (χ3v) is 21.0. The zero-order valence-electron chi connectivity index (χ0n) is 63.1. The second kappa shape index (κ2) is 27.4. The first-order valence-corrected chi connectivity index (χ1v) is 36.1. The molecule has 2 unspecified atom stereocenters. The smallest absolute Gasteiger partial charge is 0.259 e. The highest BCUT2D eigenvalue weighted by Crippen LogP contribution is 2.55. The minimum absolute atomic E-state index is 0.114. The minimum atomic E-state index is -2.67. The highest BCUT2D eigenvalue weighted by Gasteiger charge is 2.59. The van der Waals surface area contributed by atoms with E-state index in [0.717, 1.165) is 202 Å². The second-order valence-corrected chi connectivity index (χ2v) is 28.8. The van der Waals surface area contributed by atoms with Gasteiger partial charge in [-0.05, 0) is 231 Å². The van der Waals surface area contributed by atoms with E-state index in [9.17, 15) is 13.2 Å². The maximum absolute atomic E-state index is 13.7. The third kappa shape index (κ3) is 12.7. The fraction of sp³-hybridized carbons (Fsp3) is 0.244. The molecule has 11 heterocycles. The van der Waals surface area contributed by atoms with Crippen LogP contribution < -0.4 is 5.73 Å². The summed E-state index contributed by atoms with van der Waals surface area (Å²) in [5.41, 5.74) is 39.7. The fourth-order valence-electron chi connectivity index (χ4n) is 15.9. The molecule has 0 saturated heterocycles. The topological polar surface area (TPSA) is 282 Å². The molecule has 1 saturated carbocycles. The monoisotopic (exact) mass is 1460 g/mol. The zero-order chi connectivity index (χ0) is 76.3. The van der Waals surface area contributed by atoms with E-state index in [2.05, 4.69) is 170 Å². The number of aromatic amines is 4. The van der Waals surface area contributed by atoms with Crippen LogP contribution in [0.15, 0.2) is 161 Å². The number of halogens is 3. The minimum Gasteiger partial charge on any atom is -0.361 e. The molecule has 109 heavy (non-hydrogen) atoms. The summed E-state index contributed by atoms with van der Waals surface area (Å²) in [4.78, 5) is 44.8. The summed E-state index contributed by atoms with van der Waals surface area (Å²) in [5, 5.41) is 20.0. The molecular weight excluding hydrogens is 1380 g/mol. The van der Waals surface area contributed by atoms with Crippen LogP contribution in [0.3, 0.4) is 0 Å². The van der Waals surface area contributed by atoms with Crippen LogP contribution in [-0.4, -0.2) is 95.9 Å². The van der Waals surface area contributed by atoms with E-state index in [1.165, 1.54) is 27.5 Å². The lowest BCUT2D eigenvalue weighted by Crippen LogP contribution is -2.05. The molecule has 0 bridgehead atoms. The Labute approximate surface area is 624 Å². The number of imidazole rings is 4. The molecule has 1 fully saturated rings. The van der Waals surface area contributed by atoms with Crippen molar-refractivity contribution in [2.45, 2.75) is 128 Å². The van der Waals surface area contributed by atoms with Crippen molar-refractivity contribution in [2.24, 2.45) is 15.7 Å². The number of aryl methyl sites for hydroxylation is 11. The molecule has 6 N–H and O–H groups in total. The normalized spacial score (nSPS) is 15.0. The molecule has 548 valence electrons. The van der Waals surface area contributed by atoms with Gasteiger partial charge in [0.25, 0.3) is 5.92 Å². The Balaban J connectivity index is 0.000000111. The van der Waals surface area contributed by atoms with Crippen LogP contribution in [0.25, 0.3) is 144 Å². The molecule has 1 aliphatic carbocycles. The lowest BCUT2D eigenvalue weighted by atomic mass is 9.90. The first kappa shape index (κ1) is 70.8. The fourth-order valence-corrected chi connectivity index (χ4v) is 15.9. The zero-order valence-corrected chi connectivity index (χ0v) is 63.1. The van der Waals surface area contributed by atoms with Crippen molar-refractivity contribution in [1.29, 1.82) is 0 Å². The number of hydrogen-bond donors (Lipinski definition) is 5. The van der Waals surface area contributed by atoms with E-state index in [0.29, 0.717) is 29.9 Å². The molecular formula is C86H79F3N16O4. The average molecular weight is 1460 g/mol. The maximum Gasteiger partial charge on any atom is 0.259 e. The van der Waals surface area contributed by atoms with Crippen LogP contribution >= 0.6 is 0 Å². The molecule has 16 aromatic rings. The van der Waals surface area contributed by atoms with Crippen molar-refractivity contribution < 1.29 is 31.3 Å². The summed E-state index contributed by atoms with van der Waals surface area (Å²) in [6, 6.07) is 37.8. The van der Waals surface area contributed by atoms with Crippen molar-refractivity contribution in [3.63, 3.8) is 0 Å². The van der Waals surface area contributed by atoms with Crippen LogP contribution in [0.1, 0.15) is 132 Å². The highest BCUT2D eigenvalue weighted by molar-refractivity contribution is 6.28. The molecule has 23 heteroatoms. The van der Waals surface area contributed by atoms with Gasteiger partial charge < -0.3 is 38.0 Å². The number of H-pyrrole nitrogens is 4. The summed E-state index contributed by atoms with van der Waals surface area (Å²) in [7, 11) is 0. The lowest BCUT2D eigenvalue weighted by molar-refractivity contribution is 0.111. The predicted molar refractivity (Wildman–Crippen MR) is 424 cm³/mol. The van der Waals surface area contributed by atoms with E-state index in [-0.39, 0.29) is 12.2 Å². The van der Waals surface area contributed by atoms with Gasteiger partial charge in [-0.3, -0.25) is 20.7 Å². The molecule has 0 spiro atoms. The molecule has 3 aliphatic rings. The molecule has 0 radical (unpaired) electrons. The third-order valence-electron chi connectivity index (χ3n) is 21.0. The van der Waals surface area contributed by atoms with Crippen LogP contribution in [-0.2, 0) is 0 Å². The summed E-state index contributed by atoms with van der Waals surface area (Å²) >= 11 is 0. The number of alkyl halides is 3. The summed E-state index contributed by atoms with van der Waals surface area (Å²) in [6.45, 7) is 31.1. The van der Waals surface area contributed by atoms with Crippen LogP contribution in [0.2, 0.25) is 0 Å². The number of nitrogens with two attached hydrogens (primary N) is 1. The number of hydrogen-bond acceptors (Lipinski definition) is 16. The van der Waals surface area contributed by atoms with Crippen molar-refractivity contribution in [3.05, 3.63) is 218 Å². The molecule has 19 rings (SSSR count). The van der Waals surface area contributed by atoms with E-state index in [4.69, 9.17) is 28.8 Å². The number of rotatable bonds is 10. The Bertz CT molecular complexity index is 6440. The molecule has 0 amide bonds. The van der Waals surface area contributed by atoms with Crippen molar-refractivity contribution >= 4 is 88.4 Å². The van der Waals surface area contributed by atoms with Gasteiger partial charge in [0.1, 0.15) is 34.7 Å². The molecule has 2 aliphatic heterocycles. The van der Waals surface area contributed by atoms with Crippen molar-refractivity contribution in [3.8, 4) is 66.8 Å². The van der Waals surface area contributed by atoms with E-state index in [1.807, 2.05) is 120 Å². The molecule has 2 atom stereocenters. The number of nitrogens with zero attached hydrogens (tertiary/aromatic N) is 11. The van der Waals surface area contributed by atoms with Crippen molar-refractivity contribution in [2.75, 3.05) is 13.1 Å². The van der Waals surface area contributed by atoms with Gasteiger partial charge in [-0.2, -0.15) is 0 Å². The van der Waals surface area contributed by atoms with E-state index in [1.54, 1.807) is 6.33 Å². The lowest BCUT2D eigenvalue weighted by Gasteiger charge is -2.13. The predicted octanol–water partition coefficient (Wildman–Crippen LogP) is 20.8. The van der Waals surface area contributed by atoms with Gasteiger partial charge in [-0.25, -0.2) is 33.1 Å². The number of nitrogens with one attached hydrogen (secondary N) is 4. The Kier molecular flexibility index (Phi) is 17.8. The van der Waals surface area contributed by atoms with Gasteiger partial charge in [0.2, 0.25) is 6.30 Å². The van der Waals surface area contributed by atoms with E-state index >= 15 is 0 Å². The number of benzene rings is 7. The Morgan fingerprint density at radius 1 is 0.459 bits per heavy atom. The average Bonchev–Trinajstić information content (AvgIpc) is 1.56.